The molecule has 1 aliphatic rings. The number of anilines is 1. The van der Waals surface area contributed by atoms with Crippen LogP contribution in [0.3, 0.4) is 0 Å². The van der Waals surface area contributed by atoms with Crippen molar-refractivity contribution < 1.29 is 13.2 Å². The summed E-state index contributed by atoms with van der Waals surface area (Å²) < 4.78 is 28.5. The molecule has 158 valence electrons. The highest BCUT2D eigenvalue weighted by Crippen LogP contribution is 2.43. The van der Waals surface area contributed by atoms with Gasteiger partial charge in [0.2, 0.25) is 0 Å². The molecule has 1 N–H and O–H groups in total. The summed E-state index contributed by atoms with van der Waals surface area (Å²) >= 11 is 6.27. The van der Waals surface area contributed by atoms with Gasteiger partial charge in [0.15, 0.2) is 4.91 Å². The summed E-state index contributed by atoms with van der Waals surface area (Å²) in [4.78, 5) is 13.0. The Kier molecular flexibility index (Phi) is 5.85. The monoisotopic (exact) mass is 452 g/mol. The lowest BCUT2D eigenvalue weighted by molar-refractivity contribution is -0.116. The van der Waals surface area contributed by atoms with E-state index in [9.17, 15) is 13.2 Å². The topological polar surface area (TPSA) is 66.5 Å². The van der Waals surface area contributed by atoms with Crippen molar-refractivity contribution >= 4 is 38.8 Å². The van der Waals surface area contributed by atoms with Crippen LogP contribution < -0.4 is 9.62 Å². The Hall–Kier alpha value is -3.09. The molecule has 1 aliphatic heterocycles. The number of halogens is 1. The van der Waals surface area contributed by atoms with Crippen LogP contribution in [0.1, 0.15) is 23.6 Å². The first-order valence-electron chi connectivity index (χ1n) is 9.88. The molecule has 1 amide bonds. The van der Waals surface area contributed by atoms with E-state index in [1.807, 2.05) is 48.5 Å². The Morgan fingerprint density at radius 3 is 2.26 bits per heavy atom. The normalized spacial score (nSPS) is 14.8. The first kappa shape index (κ1) is 21.2. The van der Waals surface area contributed by atoms with E-state index in [0.717, 1.165) is 5.56 Å². The number of benzene rings is 3. The fraction of sp³-hybridized carbons (Fsp3) is 0.125. The zero-order valence-corrected chi connectivity index (χ0v) is 18.5. The van der Waals surface area contributed by atoms with Crippen LogP contribution in [-0.2, 0) is 21.4 Å². The second kappa shape index (κ2) is 8.57. The zero-order valence-electron chi connectivity index (χ0n) is 16.9. The quantitative estimate of drug-likeness (QED) is 0.615. The smallest absolute Gasteiger partial charge is 0.270 e. The molecule has 0 bridgehead atoms. The highest BCUT2D eigenvalue weighted by atomic mass is 35.5. The molecule has 0 radical (unpaired) electrons. The average molecular weight is 453 g/mol. The molecule has 1 heterocycles. The number of fused-ring (bicyclic) bond motifs is 1. The van der Waals surface area contributed by atoms with Crippen molar-refractivity contribution in [3.63, 3.8) is 0 Å². The largest absolute Gasteiger partial charge is 0.347 e. The molecule has 0 atom stereocenters. The van der Waals surface area contributed by atoms with Gasteiger partial charge < -0.3 is 5.32 Å². The second-order valence-electron chi connectivity index (χ2n) is 7.07. The molecular weight excluding hydrogens is 432 g/mol. The van der Waals surface area contributed by atoms with Crippen LogP contribution in [0.5, 0.6) is 0 Å². The van der Waals surface area contributed by atoms with E-state index in [0.29, 0.717) is 27.4 Å². The molecule has 7 heteroatoms. The van der Waals surface area contributed by atoms with Crippen molar-refractivity contribution in [3.05, 3.63) is 105 Å². The van der Waals surface area contributed by atoms with E-state index in [1.165, 1.54) is 4.31 Å². The van der Waals surface area contributed by atoms with Gasteiger partial charge in [-0.3, -0.25) is 9.10 Å². The summed E-state index contributed by atoms with van der Waals surface area (Å²) in [5.74, 6) is -0.646. The molecule has 31 heavy (non-hydrogen) atoms. The van der Waals surface area contributed by atoms with Crippen molar-refractivity contribution in [2.45, 2.75) is 13.5 Å². The summed E-state index contributed by atoms with van der Waals surface area (Å²) in [5.41, 5.74) is 2.98. The predicted molar refractivity (Wildman–Crippen MR) is 124 cm³/mol. The molecule has 5 nitrogen and oxygen atoms in total. The Morgan fingerprint density at radius 1 is 0.968 bits per heavy atom. The SMILES string of the molecule is CCN1c2ccc(Cl)cc2C(c2ccccc2)=C(C(=O)NCc2ccccc2)S1(=O)=O. The lowest BCUT2D eigenvalue weighted by atomic mass is 9.95. The first-order valence-corrected chi connectivity index (χ1v) is 11.7. The number of nitrogens with zero attached hydrogens (tertiary/aromatic N) is 1. The third kappa shape index (κ3) is 3.96. The number of carbonyl (C=O) groups is 1. The van der Waals surface area contributed by atoms with Gasteiger partial charge in [0, 0.05) is 29.2 Å². The van der Waals surface area contributed by atoms with E-state index in [2.05, 4.69) is 5.32 Å². The van der Waals surface area contributed by atoms with Gasteiger partial charge in [0.05, 0.1) is 5.69 Å². The molecule has 4 rings (SSSR count). The van der Waals surface area contributed by atoms with E-state index in [4.69, 9.17) is 11.6 Å². The fourth-order valence-electron chi connectivity index (χ4n) is 3.74. The standard InChI is InChI=1S/C24H21ClN2O3S/c1-2-27-21-14-13-19(25)15-20(21)22(18-11-7-4-8-12-18)23(31(27,29)30)24(28)26-16-17-9-5-3-6-10-17/h3-15H,2,16H2,1H3,(H,26,28). The molecule has 3 aromatic rings. The van der Waals surface area contributed by atoms with Gasteiger partial charge in [-0.15, -0.1) is 0 Å². The van der Waals surface area contributed by atoms with E-state index < -0.39 is 15.9 Å². The molecule has 0 aliphatic carbocycles. The Balaban J connectivity index is 1.92. The number of hydrogen-bond acceptors (Lipinski definition) is 3. The molecule has 3 aromatic carbocycles. The molecule has 0 aromatic heterocycles. The number of amides is 1. The predicted octanol–water partition coefficient (Wildman–Crippen LogP) is 4.59. The highest BCUT2D eigenvalue weighted by Gasteiger charge is 2.40. The Morgan fingerprint density at radius 2 is 1.61 bits per heavy atom. The zero-order chi connectivity index (χ0) is 22.0. The summed E-state index contributed by atoms with van der Waals surface area (Å²) in [5, 5.41) is 3.24. The van der Waals surface area contributed by atoms with E-state index in [-0.39, 0.29) is 18.0 Å². The maximum atomic E-state index is 13.6. The summed E-state index contributed by atoms with van der Waals surface area (Å²) in [7, 11) is -4.08. The van der Waals surface area contributed by atoms with Crippen molar-refractivity contribution in [3.8, 4) is 0 Å². The van der Waals surface area contributed by atoms with Gasteiger partial charge in [-0.2, -0.15) is 0 Å². The summed E-state index contributed by atoms with van der Waals surface area (Å²) in [6.45, 7) is 2.15. The van der Waals surface area contributed by atoms with Gasteiger partial charge in [0.1, 0.15) is 0 Å². The summed E-state index contributed by atoms with van der Waals surface area (Å²) in [6.07, 6.45) is 0. The van der Waals surface area contributed by atoms with Gasteiger partial charge in [-0.1, -0.05) is 72.3 Å². The molecule has 0 unspecified atom stereocenters. The van der Waals surface area contributed by atoms with Gasteiger partial charge in [0.25, 0.3) is 15.9 Å². The Labute approximate surface area is 187 Å². The third-order valence-electron chi connectivity index (χ3n) is 5.12. The number of carbonyl (C=O) groups excluding carboxylic acids is 1. The average Bonchev–Trinajstić information content (AvgIpc) is 2.78. The minimum Gasteiger partial charge on any atom is -0.347 e. The van der Waals surface area contributed by atoms with Crippen LogP contribution in [-0.4, -0.2) is 20.9 Å². The van der Waals surface area contributed by atoms with Gasteiger partial charge >= 0.3 is 0 Å². The van der Waals surface area contributed by atoms with Gasteiger partial charge in [-0.05, 0) is 36.2 Å². The number of nitrogens with one attached hydrogen (secondary N) is 1. The highest BCUT2D eigenvalue weighted by molar-refractivity contribution is 7.97. The number of hydrogen-bond donors (Lipinski definition) is 1. The van der Waals surface area contributed by atoms with Crippen LogP contribution in [0, 0.1) is 0 Å². The lowest BCUT2D eigenvalue weighted by Crippen LogP contribution is -2.41. The van der Waals surface area contributed by atoms with Crippen LogP contribution >= 0.6 is 11.6 Å². The second-order valence-corrected chi connectivity index (χ2v) is 9.31. The van der Waals surface area contributed by atoms with Crippen LogP contribution in [0.25, 0.3) is 5.57 Å². The molecule has 0 spiro atoms. The number of sulfonamides is 1. The fourth-order valence-corrected chi connectivity index (χ4v) is 5.68. The molecule has 0 saturated carbocycles. The van der Waals surface area contributed by atoms with Crippen LogP contribution in [0.15, 0.2) is 83.8 Å². The minimum atomic E-state index is -4.08. The molecule has 0 saturated heterocycles. The lowest BCUT2D eigenvalue weighted by Gasteiger charge is -2.33. The minimum absolute atomic E-state index is 0.189. The third-order valence-corrected chi connectivity index (χ3v) is 7.30. The van der Waals surface area contributed by atoms with E-state index >= 15 is 0 Å². The van der Waals surface area contributed by atoms with Crippen LogP contribution in [0.2, 0.25) is 5.02 Å². The summed E-state index contributed by atoms with van der Waals surface area (Å²) in [6, 6.07) is 23.4. The van der Waals surface area contributed by atoms with Crippen molar-refractivity contribution in [2.75, 3.05) is 10.8 Å². The Bertz CT molecular complexity index is 1260. The van der Waals surface area contributed by atoms with Crippen LogP contribution in [0.4, 0.5) is 5.69 Å². The van der Waals surface area contributed by atoms with Crippen molar-refractivity contribution in [1.29, 1.82) is 0 Å². The number of rotatable bonds is 5. The molecule has 0 fully saturated rings. The maximum absolute atomic E-state index is 13.6. The van der Waals surface area contributed by atoms with E-state index in [1.54, 1.807) is 37.3 Å². The van der Waals surface area contributed by atoms with Crippen molar-refractivity contribution in [2.24, 2.45) is 0 Å². The molecular formula is C24H21ClN2O3S. The maximum Gasteiger partial charge on any atom is 0.270 e. The first-order chi connectivity index (χ1) is 14.9. The van der Waals surface area contributed by atoms with Gasteiger partial charge in [-0.25, -0.2) is 8.42 Å². The van der Waals surface area contributed by atoms with Crippen molar-refractivity contribution in [1.82, 2.24) is 5.32 Å².